The minimum absolute atomic E-state index is 0.0507. The molecule has 0 aliphatic rings. The number of nitrogens with zero attached hydrogens (tertiary/aromatic N) is 1. The highest BCUT2D eigenvalue weighted by Crippen LogP contribution is 2.31. The van der Waals surface area contributed by atoms with Crippen molar-refractivity contribution in [3.63, 3.8) is 0 Å². The Hall–Kier alpha value is -2.78. The van der Waals surface area contributed by atoms with Gasteiger partial charge in [0.2, 0.25) is 15.9 Å². The SMILES string of the molecule is COc1ccc(N(C)CC(=O)Nc2cccc(S(N)(=O)=O)c2)cc1OC. The Morgan fingerprint density at radius 1 is 1.12 bits per heavy atom. The third-order valence-corrected chi connectivity index (χ3v) is 4.55. The first-order chi connectivity index (χ1) is 12.2. The lowest BCUT2D eigenvalue weighted by molar-refractivity contribution is -0.114. The second-order valence-electron chi connectivity index (χ2n) is 5.52. The number of carbonyl (C=O) groups is 1. The zero-order valence-electron chi connectivity index (χ0n) is 14.7. The zero-order chi connectivity index (χ0) is 19.3. The van der Waals surface area contributed by atoms with Gasteiger partial charge >= 0.3 is 0 Å². The van der Waals surface area contributed by atoms with Crippen LogP contribution < -0.4 is 24.8 Å². The minimum atomic E-state index is -3.83. The second-order valence-corrected chi connectivity index (χ2v) is 7.08. The van der Waals surface area contributed by atoms with Crippen molar-refractivity contribution in [3.05, 3.63) is 42.5 Å². The van der Waals surface area contributed by atoms with Crippen molar-refractivity contribution in [3.8, 4) is 11.5 Å². The van der Waals surface area contributed by atoms with E-state index in [0.717, 1.165) is 5.69 Å². The summed E-state index contributed by atoms with van der Waals surface area (Å²) < 4.78 is 33.2. The van der Waals surface area contributed by atoms with Gasteiger partial charge in [0.05, 0.1) is 25.7 Å². The Kier molecular flexibility index (Phi) is 6.06. The predicted octanol–water partition coefficient (Wildman–Crippen LogP) is 1.43. The highest BCUT2D eigenvalue weighted by atomic mass is 32.2. The maximum absolute atomic E-state index is 12.2. The summed E-state index contributed by atoms with van der Waals surface area (Å²) in [4.78, 5) is 13.9. The van der Waals surface area contributed by atoms with Gasteiger partial charge in [0.15, 0.2) is 11.5 Å². The highest BCUT2D eigenvalue weighted by molar-refractivity contribution is 7.89. The lowest BCUT2D eigenvalue weighted by Crippen LogP contribution is -2.30. The van der Waals surface area contributed by atoms with Crippen LogP contribution in [-0.4, -0.2) is 42.1 Å². The standard InChI is InChI=1S/C17H21N3O5S/c1-20(13-7-8-15(24-2)16(10-13)25-3)11-17(21)19-12-5-4-6-14(9-12)26(18,22)23/h4-10H,11H2,1-3H3,(H,19,21)(H2,18,22,23). The number of hydrogen-bond donors (Lipinski definition) is 2. The topological polar surface area (TPSA) is 111 Å². The van der Waals surface area contributed by atoms with Crippen LogP contribution in [0.3, 0.4) is 0 Å². The van der Waals surface area contributed by atoms with E-state index in [0.29, 0.717) is 17.2 Å². The molecule has 140 valence electrons. The molecule has 0 aliphatic heterocycles. The lowest BCUT2D eigenvalue weighted by Gasteiger charge is -2.20. The van der Waals surface area contributed by atoms with Crippen LogP contribution in [0.1, 0.15) is 0 Å². The summed E-state index contributed by atoms with van der Waals surface area (Å²) in [7, 11) is 1.00. The summed E-state index contributed by atoms with van der Waals surface area (Å²) in [5.41, 5.74) is 1.11. The van der Waals surface area contributed by atoms with Crippen LogP contribution in [0.15, 0.2) is 47.4 Å². The third-order valence-electron chi connectivity index (χ3n) is 3.63. The Balaban J connectivity index is 2.08. The summed E-state index contributed by atoms with van der Waals surface area (Å²) in [5, 5.41) is 7.74. The molecule has 0 aliphatic carbocycles. The summed E-state index contributed by atoms with van der Waals surface area (Å²) in [6, 6.07) is 11.1. The first-order valence-electron chi connectivity index (χ1n) is 7.60. The molecular formula is C17H21N3O5S. The van der Waals surface area contributed by atoms with E-state index in [4.69, 9.17) is 14.6 Å². The van der Waals surface area contributed by atoms with Crippen molar-refractivity contribution in [2.45, 2.75) is 4.90 Å². The van der Waals surface area contributed by atoms with Crippen molar-refractivity contribution >= 4 is 27.3 Å². The van der Waals surface area contributed by atoms with Gasteiger partial charge in [-0.25, -0.2) is 13.6 Å². The van der Waals surface area contributed by atoms with Crippen molar-refractivity contribution in [1.82, 2.24) is 0 Å². The van der Waals surface area contributed by atoms with Crippen molar-refractivity contribution < 1.29 is 22.7 Å². The first kappa shape index (κ1) is 19.5. The van der Waals surface area contributed by atoms with Crippen LogP contribution in [0, 0.1) is 0 Å². The van der Waals surface area contributed by atoms with Crippen LogP contribution in [0.25, 0.3) is 0 Å². The van der Waals surface area contributed by atoms with E-state index >= 15 is 0 Å². The number of hydrogen-bond acceptors (Lipinski definition) is 6. The molecule has 0 heterocycles. The third kappa shape index (κ3) is 4.87. The molecule has 2 aromatic rings. The minimum Gasteiger partial charge on any atom is -0.493 e. The van der Waals surface area contributed by atoms with Crippen LogP contribution in [0.4, 0.5) is 11.4 Å². The van der Waals surface area contributed by atoms with Gasteiger partial charge in [0.25, 0.3) is 0 Å². The number of benzene rings is 2. The average Bonchev–Trinajstić information content (AvgIpc) is 2.60. The Morgan fingerprint density at radius 2 is 1.81 bits per heavy atom. The smallest absolute Gasteiger partial charge is 0.243 e. The molecule has 9 heteroatoms. The number of ether oxygens (including phenoxy) is 2. The number of sulfonamides is 1. The molecule has 0 fully saturated rings. The van der Waals surface area contributed by atoms with E-state index in [-0.39, 0.29) is 17.3 Å². The van der Waals surface area contributed by atoms with Crippen molar-refractivity contribution in [1.29, 1.82) is 0 Å². The van der Waals surface area contributed by atoms with Crippen molar-refractivity contribution in [2.75, 3.05) is 38.0 Å². The van der Waals surface area contributed by atoms with Gasteiger partial charge in [-0.15, -0.1) is 0 Å². The molecule has 2 rings (SSSR count). The number of methoxy groups -OCH3 is 2. The van der Waals surface area contributed by atoms with E-state index in [1.807, 2.05) is 0 Å². The Morgan fingerprint density at radius 3 is 2.42 bits per heavy atom. The summed E-state index contributed by atoms with van der Waals surface area (Å²) in [6.45, 7) is 0.0507. The normalized spacial score (nSPS) is 10.9. The summed E-state index contributed by atoms with van der Waals surface area (Å²) in [6.07, 6.45) is 0. The molecule has 2 aromatic carbocycles. The molecule has 0 saturated carbocycles. The molecule has 0 aromatic heterocycles. The molecule has 0 spiro atoms. The monoisotopic (exact) mass is 379 g/mol. The van der Waals surface area contributed by atoms with Crippen LogP contribution in [0.5, 0.6) is 11.5 Å². The number of rotatable bonds is 7. The Bertz CT molecular complexity index is 899. The van der Waals surface area contributed by atoms with Gasteiger partial charge in [-0.2, -0.15) is 0 Å². The van der Waals surface area contributed by atoms with Crippen LogP contribution in [0.2, 0.25) is 0 Å². The number of primary sulfonamides is 1. The predicted molar refractivity (Wildman–Crippen MR) is 99.3 cm³/mol. The molecule has 0 unspecified atom stereocenters. The van der Waals surface area contributed by atoms with Crippen LogP contribution in [-0.2, 0) is 14.8 Å². The van der Waals surface area contributed by atoms with Gasteiger partial charge in [-0.3, -0.25) is 4.79 Å². The quantitative estimate of drug-likeness (QED) is 0.753. The van der Waals surface area contributed by atoms with E-state index in [9.17, 15) is 13.2 Å². The van der Waals surface area contributed by atoms with E-state index < -0.39 is 10.0 Å². The zero-order valence-corrected chi connectivity index (χ0v) is 15.5. The largest absolute Gasteiger partial charge is 0.493 e. The molecule has 8 nitrogen and oxygen atoms in total. The Labute approximate surface area is 152 Å². The first-order valence-corrected chi connectivity index (χ1v) is 9.15. The average molecular weight is 379 g/mol. The van der Waals surface area contributed by atoms with Gasteiger partial charge < -0.3 is 19.7 Å². The maximum atomic E-state index is 12.2. The van der Waals surface area contributed by atoms with E-state index in [1.165, 1.54) is 25.3 Å². The highest BCUT2D eigenvalue weighted by Gasteiger charge is 2.13. The fourth-order valence-corrected chi connectivity index (χ4v) is 2.88. The summed E-state index contributed by atoms with van der Waals surface area (Å²) >= 11 is 0. The van der Waals surface area contributed by atoms with Gasteiger partial charge in [-0.1, -0.05) is 6.07 Å². The molecule has 26 heavy (non-hydrogen) atoms. The van der Waals surface area contributed by atoms with Crippen LogP contribution >= 0.6 is 0 Å². The maximum Gasteiger partial charge on any atom is 0.243 e. The lowest BCUT2D eigenvalue weighted by atomic mass is 10.2. The summed E-state index contributed by atoms with van der Waals surface area (Å²) in [5.74, 6) is 0.834. The fourth-order valence-electron chi connectivity index (χ4n) is 2.32. The molecule has 0 bridgehead atoms. The van der Waals surface area contributed by atoms with Gasteiger partial charge in [-0.05, 0) is 30.3 Å². The molecule has 0 atom stereocenters. The second kappa shape index (κ2) is 8.07. The molecule has 3 N–H and O–H groups in total. The molecule has 0 saturated heterocycles. The van der Waals surface area contributed by atoms with E-state index in [1.54, 1.807) is 43.3 Å². The number of nitrogens with two attached hydrogens (primary N) is 1. The number of anilines is 2. The number of amides is 1. The molecular weight excluding hydrogens is 358 g/mol. The number of likely N-dealkylation sites (N-methyl/N-ethyl adjacent to an activating group) is 1. The van der Waals surface area contributed by atoms with Gasteiger partial charge in [0.1, 0.15) is 0 Å². The molecule has 1 amide bonds. The van der Waals surface area contributed by atoms with Gasteiger partial charge in [0, 0.05) is 24.5 Å². The fraction of sp³-hybridized carbons (Fsp3) is 0.235. The molecule has 0 radical (unpaired) electrons. The number of carbonyl (C=O) groups excluding carboxylic acids is 1. The number of nitrogens with one attached hydrogen (secondary N) is 1. The van der Waals surface area contributed by atoms with E-state index in [2.05, 4.69) is 5.32 Å². The van der Waals surface area contributed by atoms with Crippen molar-refractivity contribution in [2.24, 2.45) is 5.14 Å².